The van der Waals surface area contributed by atoms with Gasteiger partial charge in [0, 0.05) is 5.41 Å². The van der Waals surface area contributed by atoms with Gasteiger partial charge in [0.15, 0.2) is 11.8 Å². The zero-order valence-electron chi connectivity index (χ0n) is 11.8. The first-order valence-corrected chi connectivity index (χ1v) is 6.46. The van der Waals surface area contributed by atoms with Crippen molar-refractivity contribution in [3.63, 3.8) is 0 Å². The van der Waals surface area contributed by atoms with Gasteiger partial charge in [-0.1, -0.05) is 13.8 Å². The number of carbonyl (C=O) groups excluding carboxylic acids is 1. The van der Waals surface area contributed by atoms with E-state index in [1.807, 2.05) is 0 Å². The first-order valence-electron chi connectivity index (χ1n) is 6.46. The predicted molar refractivity (Wildman–Crippen MR) is 66.0 cm³/mol. The zero-order chi connectivity index (χ0) is 15.6. The Kier molecular flexibility index (Phi) is 2.74. The van der Waals surface area contributed by atoms with Gasteiger partial charge in [-0.3, -0.25) is 0 Å². The van der Waals surface area contributed by atoms with Crippen molar-refractivity contribution in [3.05, 3.63) is 12.2 Å². The van der Waals surface area contributed by atoms with Gasteiger partial charge in [0.25, 0.3) is 5.82 Å². The third kappa shape index (κ3) is 1.37. The number of fused-ring (bicyclic) bond motifs is 1. The Morgan fingerprint density at radius 2 is 2.14 bits per heavy atom. The molecule has 1 aliphatic carbocycles. The van der Waals surface area contributed by atoms with E-state index in [1.54, 1.807) is 13.8 Å². The topological polar surface area (TPSA) is 127 Å². The largest absolute Gasteiger partial charge is 0.463 e. The lowest BCUT2D eigenvalue weighted by Gasteiger charge is -2.25. The summed E-state index contributed by atoms with van der Waals surface area (Å²) in [6, 6.07) is 0. The third-order valence-corrected chi connectivity index (χ3v) is 4.82. The summed E-state index contributed by atoms with van der Waals surface area (Å²) in [4.78, 5) is 15.2. The van der Waals surface area contributed by atoms with E-state index in [4.69, 9.17) is 4.74 Å². The van der Waals surface area contributed by atoms with E-state index in [-0.39, 0.29) is 5.82 Å². The molecule has 0 spiro atoms. The molecule has 2 heterocycles. The highest BCUT2D eigenvalue weighted by Crippen LogP contribution is 2.75. The second-order valence-corrected chi connectivity index (χ2v) is 5.86. The number of aliphatic hydroxyl groups excluding tert-OH is 1. The van der Waals surface area contributed by atoms with Gasteiger partial charge >= 0.3 is 5.97 Å². The summed E-state index contributed by atoms with van der Waals surface area (Å²) in [6.45, 7) is 2.89. The van der Waals surface area contributed by atoms with E-state index in [0.717, 1.165) is 4.68 Å². The minimum Gasteiger partial charge on any atom is -0.463 e. The van der Waals surface area contributed by atoms with Crippen LogP contribution in [-0.2, 0) is 9.47 Å². The SMILES string of the molecule is COC(=O)c1ncn([C@@H]2O[C@H](CO)[C@]3(O)C(C)(C)[C@]23O)n1. The van der Waals surface area contributed by atoms with Crippen molar-refractivity contribution in [1.29, 1.82) is 0 Å². The van der Waals surface area contributed by atoms with E-state index in [0.29, 0.717) is 0 Å². The molecule has 2 fully saturated rings. The fourth-order valence-electron chi connectivity index (χ4n) is 3.40. The quantitative estimate of drug-likeness (QED) is 0.573. The van der Waals surface area contributed by atoms with Crippen molar-refractivity contribution in [2.45, 2.75) is 37.4 Å². The monoisotopic (exact) mass is 299 g/mol. The highest BCUT2D eigenvalue weighted by molar-refractivity contribution is 5.84. The second-order valence-electron chi connectivity index (χ2n) is 5.86. The van der Waals surface area contributed by atoms with Gasteiger partial charge in [-0.05, 0) is 0 Å². The number of rotatable bonds is 3. The highest BCUT2D eigenvalue weighted by atomic mass is 16.6. The molecular formula is C12H17N3O6. The van der Waals surface area contributed by atoms with E-state index in [2.05, 4.69) is 14.8 Å². The maximum Gasteiger partial charge on any atom is 0.377 e. The molecule has 0 amide bonds. The van der Waals surface area contributed by atoms with Gasteiger partial charge in [-0.15, -0.1) is 5.10 Å². The van der Waals surface area contributed by atoms with Crippen molar-refractivity contribution in [2.24, 2.45) is 5.41 Å². The van der Waals surface area contributed by atoms with Crippen LogP contribution in [0, 0.1) is 5.41 Å². The molecule has 0 bridgehead atoms. The normalized spacial score (nSPS) is 39.9. The lowest BCUT2D eigenvalue weighted by atomic mass is 10.0. The van der Waals surface area contributed by atoms with Gasteiger partial charge in [0.05, 0.1) is 13.7 Å². The number of carbonyl (C=O) groups is 1. The number of aromatic nitrogens is 3. The Bertz CT molecular complexity index is 602. The molecule has 0 aromatic carbocycles. The van der Waals surface area contributed by atoms with Crippen LogP contribution in [-0.4, -0.2) is 67.1 Å². The van der Waals surface area contributed by atoms with Crippen molar-refractivity contribution in [2.75, 3.05) is 13.7 Å². The minimum absolute atomic E-state index is 0.181. The number of aliphatic hydroxyl groups is 3. The molecule has 21 heavy (non-hydrogen) atoms. The fraction of sp³-hybridized carbons (Fsp3) is 0.750. The number of methoxy groups -OCH3 is 1. The molecule has 2 aliphatic rings. The van der Waals surface area contributed by atoms with Gasteiger partial charge in [0.2, 0.25) is 0 Å². The molecule has 1 aromatic rings. The Hall–Kier alpha value is -1.55. The number of ether oxygens (including phenoxy) is 2. The van der Waals surface area contributed by atoms with Crippen LogP contribution >= 0.6 is 0 Å². The number of hydrogen-bond acceptors (Lipinski definition) is 8. The summed E-state index contributed by atoms with van der Waals surface area (Å²) in [7, 11) is 1.20. The third-order valence-electron chi connectivity index (χ3n) is 4.82. The first-order chi connectivity index (χ1) is 9.75. The summed E-state index contributed by atoms with van der Waals surface area (Å²) in [6.07, 6.45) is -0.794. The van der Waals surface area contributed by atoms with E-state index >= 15 is 0 Å². The molecule has 0 radical (unpaired) electrons. The summed E-state index contributed by atoms with van der Waals surface area (Å²) < 4.78 is 11.1. The highest BCUT2D eigenvalue weighted by Gasteiger charge is 2.92. The van der Waals surface area contributed by atoms with E-state index in [1.165, 1.54) is 13.4 Å². The molecule has 1 aromatic heterocycles. The van der Waals surface area contributed by atoms with Gasteiger partial charge in [-0.25, -0.2) is 14.5 Å². The van der Waals surface area contributed by atoms with Crippen LogP contribution in [0.15, 0.2) is 6.33 Å². The van der Waals surface area contributed by atoms with Crippen molar-refractivity contribution in [3.8, 4) is 0 Å². The second kappa shape index (κ2) is 4.01. The van der Waals surface area contributed by atoms with Crippen LogP contribution in [0.5, 0.6) is 0 Å². The lowest BCUT2D eigenvalue weighted by Crippen LogP contribution is -2.36. The van der Waals surface area contributed by atoms with Gasteiger partial charge < -0.3 is 24.8 Å². The maximum atomic E-state index is 11.4. The van der Waals surface area contributed by atoms with Gasteiger partial charge in [0.1, 0.15) is 18.0 Å². The Morgan fingerprint density at radius 3 is 2.67 bits per heavy atom. The Morgan fingerprint density at radius 1 is 1.48 bits per heavy atom. The summed E-state index contributed by atoms with van der Waals surface area (Å²) in [5, 5.41) is 34.7. The molecule has 3 rings (SSSR count). The first kappa shape index (κ1) is 14.4. The minimum atomic E-state index is -1.63. The summed E-state index contributed by atoms with van der Waals surface area (Å²) >= 11 is 0. The molecule has 9 heteroatoms. The Labute approximate surface area is 120 Å². The van der Waals surface area contributed by atoms with Crippen LogP contribution < -0.4 is 0 Å². The predicted octanol–water partition coefficient (Wildman–Crippen LogP) is -1.54. The average molecular weight is 299 g/mol. The van der Waals surface area contributed by atoms with Gasteiger partial charge in [-0.2, -0.15) is 0 Å². The summed E-state index contributed by atoms with van der Waals surface area (Å²) in [5.41, 5.74) is -4.11. The zero-order valence-corrected chi connectivity index (χ0v) is 11.8. The number of hydrogen-bond donors (Lipinski definition) is 3. The van der Waals surface area contributed by atoms with Crippen LogP contribution in [0.25, 0.3) is 0 Å². The van der Waals surface area contributed by atoms with Crippen molar-refractivity contribution >= 4 is 5.97 Å². The van der Waals surface area contributed by atoms with Crippen LogP contribution in [0.2, 0.25) is 0 Å². The molecule has 1 saturated heterocycles. The molecule has 9 nitrogen and oxygen atoms in total. The van der Waals surface area contributed by atoms with E-state index in [9.17, 15) is 20.1 Å². The standard InChI is InChI=1S/C12H17N3O6/c1-10(2)11(18)6(4-16)21-9(12(10,11)19)15-5-13-7(14-15)8(17)20-3/h5-6,9,16,18-19H,4H2,1-3H3/t6-,9-,11+,12-/m1/s1. The Balaban J connectivity index is 1.97. The molecule has 4 atom stereocenters. The smallest absolute Gasteiger partial charge is 0.377 e. The van der Waals surface area contributed by atoms with Crippen molar-refractivity contribution in [1.82, 2.24) is 14.8 Å². The number of nitrogens with zero attached hydrogens (tertiary/aromatic N) is 3. The molecule has 116 valence electrons. The molecular weight excluding hydrogens is 282 g/mol. The number of esters is 1. The van der Waals surface area contributed by atoms with Crippen LogP contribution in [0.4, 0.5) is 0 Å². The van der Waals surface area contributed by atoms with Crippen LogP contribution in [0.3, 0.4) is 0 Å². The molecule has 1 aliphatic heterocycles. The lowest BCUT2D eigenvalue weighted by molar-refractivity contribution is -0.129. The van der Waals surface area contributed by atoms with E-state index < -0.39 is 41.5 Å². The average Bonchev–Trinajstić information content (AvgIpc) is 2.90. The summed E-state index contributed by atoms with van der Waals surface area (Å²) in [5.74, 6) is -0.901. The molecule has 3 N–H and O–H groups in total. The van der Waals surface area contributed by atoms with Crippen molar-refractivity contribution < 1.29 is 29.6 Å². The molecule has 1 saturated carbocycles. The molecule has 0 unspecified atom stereocenters. The van der Waals surface area contributed by atoms with Crippen LogP contribution in [0.1, 0.15) is 30.7 Å². The maximum absolute atomic E-state index is 11.4. The fourth-order valence-corrected chi connectivity index (χ4v) is 3.40.